The minimum atomic E-state index is -1.31. The van der Waals surface area contributed by atoms with Gasteiger partial charge in [-0.1, -0.05) is 20.8 Å². The fraction of sp³-hybridized carbons (Fsp3) is 0.656. The monoisotopic (exact) mass is 605 g/mol. The maximum absolute atomic E-state index is 14.5. The van der Waals surface area contributed by atoms with E-state index < -0.39 is 35.2 Å². The number of amides is 2. The van der Waals surface area contributed by atoms with E-state index in [0.29, 0.717) is 31.6 Å². The quantitative estimate of drug-likeness (QED) is 0.312. The lowest BCUT2D eigenvalue weighted by molar-refractivity contribution is -0.133. The molecule has 1 unspecified atom stereocenters. The molecule has 2 N–H and O–H groups in total. The second-order valence-electron chi connectivity index (χ2n) is 14.9. The number of fused-ring (bicyclic) bond motifs is 1. The third-order valence-corrected chi connectivity index (χ3v) is 7.44. The van der Waals surface area contributed by atoms with Gasteiger partial charge in [-0.15, -0.1) is 0 Å². The van der Waals surface area contributed by atoms with Crippen molar-refractivity contribution in [3.63, 3.8) is 0 Å². The summed E-state index contributed by atoms with van der Waals surface area (Å²) in [5.74, 6) is -1.51. The number of aromatic nitrogens is 2. The van der Waals surface area contributed by atoms with Crippen molar-refractivity contribution < 1.29 is 27.5 Å². The number of imidazole rings is 1. The second-order valence-corrected chi connectivity index (χ2v) is 14.9. The molecule has 2 aliphatic rings. The fourth-order valence-corrected chi connectivity index (χ4v) is 6.00. The van der Waals surface area contributed by atoms with Gasteiger partial charge in [0, 0.05) is 43.1 Å². The number of halogens is 3. The Balaban J connectivity index is 1.52. The van der Waals surface area contributed by atoms with Crippen molar-refractivity contribution >= 4 is 17.8 Å². The Morgan fingerprint density at radius 3 is 2.26 bits per heavy atom. The second kappa shape index (κ2) is 12.0. The van der Waals surface area contributed by atoms with Crippen molar-refractivity contribution in [2.24, 2.45) is 5.41 Å². The van der Waals surface area contributed by atoms with Gasteiger partial charge in [-0.2, -0.15) is 0 Å². The zero-order valence-electron chi connectivity index (χ0n) is 26.7. The van der Waals surface area contributed by atoms with E-state index >= 15 is 0 Å². The molecule has 2 aromatic rings. The molecule has 1 atom stereocenters. The van der Waals surface area contributed by atoms with E-state index in [4.69, 9.17) is 9.72 Å². The van der Waals surface area contributed by atoms with E-state index in [1.807, 2.05) is 0 Å². The number of hydrogen-bond acceptors (Lipinski definition) is 5. The van der Waals surface area contributed by atoms with Gasteiger partial charge in [-0.3, -0.25) is 4.79 Å². The molecule has 8 nitrogen and oxygen atoms in total. The van der Waals surface area contributed by atoms with E-state index in [-0.39, 0.29) is 35.3 Å². The Bertz CT molecular complexity index is 1360. The van der Waals surface area contributed by atoms with Gasteiger partial charge in [-0.05, 0) is 77.3 Å². The SMILES string of the molecule is CC(C)(C)CC(C)(C)Nc1c(C2CC2)nc2n1CCN(C(=O)CC(Cc1cc(F)c(F)cc1F)NC(=O)OC(C)(C)C)C2. The number of rotatable bonds is 9. The zero-order chi connectivity index (χ0) is 31.9. The number of anilines is 1. The highest BCUT2D eigenvalue weighted by atomic mass is 19.2. The summed E-state index contributed by atoms with van der Waals surface area (Å²) in [4.78, 5) is 32.8. The van der Waals surface area contributed by atoms with Crippen LogP contribution in [0.3, 0.4) is 0 Å². The predicted molar refractivity (Wildman–Crippen MR) is 159 cm³/mol. The van der Waals surface area contributed by atoms with Crippen LogP contribution in [0.5, 0.6) is 0 Å². The average molecular weight is 606 g/mol. The standard InChI is InChI=1S/C32H46F3N5O3/c1-30(2,3)18-32(7,8)38-28-27(19-9-10-19)37-25-17-39(11-12-40(25)28)26(41)15-21(36-29(42)43-31(4,5)6)13-20-14-23(34)24(35)16-22(20)33/h14,16,19,21,38H,9-13,15,17-18H2,1-8H3,(H,36,42). The summed E-state index contributed by atoms with van der Waals surface area (Å²) >= 11 is 0. The average Bonchev–Trinajstić information content (AvgIpc) is 3.62. The number of ether oxygens (including phenoxy) is 1. The maximum Gasteiger partial charge on any atom is 0.407 e. The molecule has 1 aromatic heterocycles. The maximum atomic E-state index is 14.5. The van der Waals surface area contributed by atoms with Crippen molar-refractivity contribution in [1.82, 2.24) is 19.8 Å². The van der Waals surface area contributed by atoms with E-state index in [9.17, 15) is 22.8 Å². The predicted octanol–water partition coefficient (Wildman–Crippen LogP) is 6.67. The summed E-state index contributed by atoms with van der Waals surface area (Å²) in [6, 6.07) is 0.305. The molecule has 0 spiro atoms. The summed E-state index contributed by atoms with van der Waals surface area (Å²) in [6.07, 6.45) is 1.94. The van der Waals surface area contributed by atoms with Crippen LogP contribution in [0, 0.1) is 22.9 Å². The molecular formula is C32H46F3N5O3. The van der Waals surface area contributed by atoms with Crippen molar-refractivity contribution in [1.29, 1.82) is 0 Å². The lowest BCUT2D eigenvalue weighted by atomic mass is 9.82. The largest absolute Gasteiger partial charge is 0.444 e. The molecule has 0 bridgehead atoms. The lowest BCUT2D eigenvalue weighted by Gasteiger charge is -2.36. The first kappa shape index (κ1) is 32.7. The van der Waals surface area contributed by atoms with Crippen LogP contribution >= 0.6 is 0 Å². The summed E-state index contributed by atoms with van der Waals surface area (Å²) in [5, 5.41) is 6.40. The molecule has 11 heteroatoms. The van der Waals surface area contributed by atoms with Crippen LogP contribution in [0.15, 0.2) is 12.1 Å². The summed E-state index contributed by atoms with van der Waals surface area (Å²) in [5.41, 5.74) is 0.0643. The van der Waals surface area contributed by atoms with E-state index in [2.05, 4.69) is 49.8 Å². The van der Waals surface area contributed by atoms with Gasteiger partial charge < -0.3 is 24.8 Å². The van der Waals surface area contributed by atoms with Crippen molar-refractivity contribution in [2.45, 2.75) is 124 Å². The van der Waals surface area contributed by atoms with E-state index in [1.165, 1.54) is 0 Å². The molecule has 43 heavy (non-hydrogen) atoms. The first-order valence-corrected chi connectivity index (χ1v) is 15.1. The van der Waals surface area contributed by atoms with Crippen LogP contribution in [-0.2, 0) is 29.0 Å². The highest BCUT2D eigenvalue weighted by Gasteiger charge is 2.37. The number of nitrogens with zero attached hydrogens (tertiary/aromatic N) is 3. The molecule has 238 valence electrons. The van der Waals surface area contributed by atoms with E-state index in [0.717, 1.165) is 42.7 Å². The van der Waals surface area contributed by atoms with Gasteiger partial charge in [0.05, 0.1) is 12.2 Å². The van der Waals surface area contributed by atoms with Gasteiger partial charge in [0.2, 0.25) is 5.91 Å². The Labute approximate surface area is 252 Å². The number of nitrogens with one attached hydrogen (secondary N) is 2. The van der Waals surface area contributed by atoms with Gasteiger partial charge in [0.25, 0.3) is 0 Å². The topological polar surface area (TPSA) is 88.5 Å². The molecule has 2 amide bonds. The molecule has 1 aliphatic heterocycles. The summed E-state index contributed by atoms with van der Waals surface area (Å²) in [6.45, 7) is 17.4. The molecule has 0 radical (unpaired) electrons. The zero-order valence-corrected chi connectivity index (χ0v) is 26.7. The Morgan fingerprint density at radius 2 is 1.65 bits per heavy atom. The van der Waals surface area contributed by atoms with Crippen molar-refractivity contribution in [3.8, 4) is 0 Å². The molecule has 1 aromatic carbocycles. The fourth-order valence-electron chi connectivity index (χ4n) is 6.00. The number of carbonyl (C=O) groups excluding carboxylic acids is 2. The van der Waals surface area contributed by atoms with Crippen LogP contribution in [-0.4, -0.2) is 50.2 Å². The molecule has 1 aliphatic carbocycles. The Morgan fingerprint density at radius 1 is 1.00 bits per heavy atom. The minimum Gasteiger partial charge on any atom is -0.444 e. The Hall–Kier alpha value is -3.24. The molecule has 1 fully saturated rings. The van der Waals surface area contributed by atoms with Crippen LogP contribution in [0.1, 0.15) is 104 Å². The number of carbonyl (C=O) groups is 2. The highest BCUT2D eigenvalue weighted by molar-refractivity contribution is 5.78. The van der Waals surface area contributed by atoms with Crippen LogP contribution in [0.4, 0.5) is 23.8 Å². The molecule has 4 rings (SSSR count). The number of alkyl carbamates (subject to hydrolysis) is 1. The third-order valence-electron chi connectivity index (χ3n) is 7.44. The van der Waals surface area contributed by atoms with Gasteiger partial charge >= 0.3 is 6.09 Å². The van der Waals surface area contributed by atoms with Crippen LogP contribution in [0.25, 0.3) is 0 Å². The molecule has 1 saturated carbocycles. The first-order valence-electron chi connectivity index (χ1n) is 15.1. The molecule has 0 saturated heterocycles. The first-order chi connectivity index (χ1) is 19.8. The summed E-state index contributed by atoms with van der Waals surface area (Å²) in [7, 11) is 0. The third kappa shape index (κ3) is 8.89. The molecule has 2 heterocycles. The van der Waals surface area contributed by atoms with Crippen molar-refractivity contribution in [2.75, 3.05) is 11.9 Å². The van der Waals surface area contributed by atoms with Gasteiger partial charge in [0.1, 0.15) is 23.1 Å². The normalized spacial score (nSPS) is 16.5. The van der Waals surface area contributed by atoms with Gasteiger partial charge in [-0.25, -0.2) is 22.9 Å². The minimum absolute atomic E-state index is 0.136. The summed E-state index contributed by atoms with van der Waals surface area (Å²) < 4.78 is 49.5. The van der Waals surface area contributed by atoms with Crippen LogP contribution in [0.2, 0.25) is 0 Å². The highest BCUT2D eigenvalue weighted by Crippen LogP contribution is 2.45. The number of hydrogen-bond donors (Lipinski definition) is 2. The smallest absolute Gasteiger partial charge is 0.407 e. The Kier molecular flexibility index (Phi) is 9.14. The van der Waals surface area contributed by atoms with Crippen LogP contribution < -0.4 is 10.6 Å². The number of benzene rings is 1. The van der Waals surface area contributed by atoms with Gasteiger partial charge in [0.15, 0.2) is 11.6 Å². The molecular weight excluding hydrogens is 559 g/mol. The lowest BCUT2D eigenvalue weighted by Crippen LogP contribution is -2.45. The van der Waals surface area contributed by atoms with E-state index in [1.54, 1.807) is 25.7 Å². The van der Waals surface area contributed by atoms with Crippen molar-refractivity contribution in [3.05, 3.63) is 46.7 Å².